The van der Waals surface area contributed by atoms with Crippen LogP contribution in [0.25, 0.3) is 0 Å². The summed E-state index contributed by atoms with van der Waals surface area (Å²) in [5, 5.41) is 0. The first kappa shape index (κ1) is 12.7. The van der Waals surface area contributed by atoms with Crippen LogP contribution in [-0.4, -0.2) is 0 Å². The summed E-state index contributed by atoms with van der Waals surface area (Å²) in [6.07, 6.45) is 14.1. The summed E-state index contributed by atoms with van der Waals surface area (Å²) in [6.45, 7) is 5.25. The van der Waals surface area contributed by atoms with Crippen molar-refractivity contribution in [2.75, 3.05) is 0 Å². The van der Waals surface area contributed by atoms with Crippen LogP contribution in [0.2, 0.25) is 0 Å². The molecule has 6 unspecified atom stereocenters. The predicted molar refractivity (Wildman–Crippen MR) is 80.8 cm³/mol. The molecule has 108 valence electrons. The highest BCUT2D eigenvalue weighted by Crippen LogP contribution is 2.61. The molecule has 4 fully saturated rings. The Balaban J connectivity index is 1.65. The van der Waals surface area contributed by atoms with Crippen LogP contribution < -0.4 is 0 Å². The molecule has 4 rings (SSSR count). The first-order valence-electron chi connectivity index (χ1n) is 9.27. The van der Waals surface area contributed by atoms with E-state index >= 15 is 0 Å². The molecular formula is C19H32. The molecule has 4 saturated carbocycles. The zero-order valence-electron chi connectivity index (χ0n) is 13.0. The van der Waals surface area contributed by atoms with Crippen molar-refractivity contribution in [1.82, 2.24) is 0 Å². The van der Waals surface area contributed by atoms with Crippen molar-refractivity contribution in [3.05, 3.63) is 0 Å². The largest absolute Gasteiger partial charge is 0.0620 e. The predicted octanol–water partition coefficient (Wildman–Crippen LogP) is 5.52. The Bertz CT molecular complexity index is 333. The van der Waals surface area contributed by atoms with E-state index in [4.69, 9.17) is 0 Å². The Hall–Kier alpha value is 0. The minimum atomic E-state index is 1.02. The van der Waals surface area contributed by atoms with Crippen molar-refractivity contribution in [3.8, 4) is 0 Å². The molecule has 0 bridgehead atoms. The van der Waals surface area contributed by atoms with E-state index in [9.17, 15) is 0 Å². The Labute approximate surface area is 119 Å². The standard InChI is InChI=1S/C19H32/c1-12-13(2)19-16-9-5-6-14(16)10-11-18(19)17-8-4-3-7-15(12)17/h12-19H,3-11H2,1-2H3/t12-,13-,14?,15?,16?,17?,18?,19?/m0/s1. The van der Waals surface area contributed by atoms with Crippen molar-refractivity contribution < 1.29 is 0 Å². The second-order valence-electron chi connectivity index (χ2n) is 8.50. The van der Waals surface area contributed by atoms with Gasteiger partial charge in [-0.3, -0.25) is 0 Å². The average Bonchev–Trinajstić information content (AvgIpc) is 2.92. The molecule has 0 aromatic carbocycles. The van der Waals surface area contributed by atoms with Gasteiger partial charge in [0.25, 0.3) is 0 Å². The van der Waals surface area contributed by atoms with Gasteiger partial charge in [0.1, 0.15) is 0 Å². The summed E-state index contributed by atoms with van der Waals surface area (Å²) in [4.78, 5) is 0. The van der Waals surface area contributed by atoms with Crippen LogP contribution in [0.1, 0.15) is 71.6 Å². The SMILES string of the molecule is C[C@@H]1C2CCCCC2C2CCC3CCCC3C2[C@H]1C. The van der Waals surface area contributed by atoms with Crippen LogP contribution in [0.5, 0.6) is 0 Å². The van der Waals surface area contributed by atoms with E-state index in [1.807, 2.05) is 0 Å². The van der Waals surface area contributed by atoms with Gasteiger partial charge in [-0.15, -0.1) is 0 Å². The van der Waals surface area contributed by atoms with Gasteiger partial charge in [0.2, 0.25) is 0 Å². The van der Waals surface area contributed by atoms with Crippen LogP contribution >= 0.6 is 0 Å². The van der Waals surface area contributed by atoms with Crippen molar-refractivity contribution in [1.29, 1.82) is 0 Å². The molecular weight excluding hydrogens is 228 g/mol. The molecule has 0 N–H and O–H groups in total. The van der Waals surface area contributed by atoms with Crippen LogP contribution in [0.3, 0.4) is 0 Å². The maximum Gasteiger partial charge on any atom is -0.0324 e. The van der Waals surface area contributed by atoms with Gasteiger partial charge in [-0.2, -0.15) is 0 Å². The number of fused-ring (bicyclic) bond motifs is 5. The third-order valence-electron chi connectivity index (χ3n) is 8.11. The molecule has 0 aliphatic heterocycles. The molecule has 0 amide bonds. The van der Waals surface area contributed by atoms with E-state index in [0.717, 1.165) is 47.3 Å². The topological polar surface area (TPSA) is 0 Å². The lowest BCUT2D eigenvalue weighted by atomic mass is 9.48. The molecule has 4 aliphatic carbocycles. The van der Waals surface area contributed by atoms with Crippen LogP contribution in [-0.2, 0) is 0 Å². The summed E-state index contributed by atoms with van der Waals surface area (Å²) < 4.78 is 0. The van der Waals surface area contributed by atoms with Gasteiger partial charge < -0.3 is 0 Å². The second-order valence-corrected chi connectivity index (χ2v) is 8.50. The van der Waals surface area contributed by atoms with Crippen LogP contribution in [0.4, 0.5) is 0 Å². The van der Waals surface area contributed by atoms with Gasteiger partial charge in [0, 0.05) is 0 Å². The van der Waals surface area contributed by atoms with E-state index < -0.39 is 0 Å². The fourth-order valence-corrected chi connectivity index (χ4v) is 7.24. The highest BCUT2D eigenvalue weighted by Gasteiger charge is 2.53. The van der Waals surface area contributed by atoms with E-state index in [1.54, 1.807) is 51.4 Å². The molecule has 0 aromatic rings. The average molecular weight is 260 g/mol. The van der Waals surface area contributed by atoms with Crippen molar-refractivity contribution >= 4 is 0 Å². The monoisotopic (exact) mass is 260 g/mol. The first-order valence-corrected chi connectivity index (χ1v) is 9.27. The van der Waals surface area contributed by atoms with Gasteiger partial charge in [0.15, 0.2) is 0 Å². The summed E-state index contributed by atoms with van der Waals surface area (Å²) in [5.74, 6) is 8.80. The lowest BCUT2D eigenvalue weighted by Gasteiger charge is -2.57. The molecule has 0 heteroatoms. The normalized spacial score (nSPS) is 57.2. The zero-order valence-corrected chi connectivity index (χ0v) is 13.0. The maximum absolute atomic E-state index is 2.63. The minimum absolute atomic E-state index is 1.02. The van der Waals surface area contributed by atoms with Gasteiger partial charge >= 0.3 is 0 Å². The van der Waals surface area contributed by atoms with Gasteiger partial charge in [-0.05, 0) is 79.4 Å². The Morgan fingerprint density at radius 2 is 1.26 bits per heavy atom. The third kappa shape index (κ3) is 1.84. The smallest absolute Gasteiger partial charge is 0.0324 e. The molecule has 0 radical (unpaired) electrons. The first-order chi connectivity index (χ1) is 9.27. The Kier molecular flexibility index (Phi) is 3.20. The molecule has 4 aliphatic rings. The highest BCUT2D eigenvalue weighted by atomic mass is 14.6. The van der Waals surface area contributed by atoms with E-state index in [-0.39, 0.29) is 0 Å². The molecule has 0 spiro atoms. The molecule has 19 heavy (non-hydrogen) atoms. The molecule has 0 heterocycles. The fourth-order valence-electron chi connectivity index (χ4n) is 7.24. The Morgan fingerprint density at radius 3 is 2.11 bits per heavy atom. The van der Waals surface area contributed by atoms with Crippen molar-refractivity contribution in [3.63, 3.8) is 0 Å². The van der Waals surface area contributed by atoms with Gasteiger partial charge in [-0.1, -0.05) is 39.5 Å². The molecule has 0 aromatic heterocycles. The molecule has 0 saturated heterocycles. The quantitative estimate of drug-likeness (QED) is 0.538. The Morgan fingerprint density at radius 1 is 0.526 bits per heavy atom. The number of rotatable bonds is 0. The van der Waals surface area contributed by atoms with Crippen molar-refractivity contribution in [2.24, 2.45) is 47.3 Å². The molecule has 0 nitrogen and oxygen atoms in total. The lowest BCUT2D eigenvalue weighted by Crippen LogP contribution is -2.50. The minimum Gasteiger partial charge on any atom is -0.0620 e. The van der Waals surface area contributed by atoms with Gasteiger partial charge in [-0.25, -0.2) is 0 Å². The van der Waals surface area contributed by atoms with Gasteiger partial charge in [0.05, 0.1) is 0 Å². The second kappa shape index (κ2) is 4.78. The summed E-state index contributed by atoms with van der Waals surface area (Å²) in [5.41, 5.74) is 0. The summed E-state index contributed by atoms with van der Waals surface area (Å²) in [7, 11) is 0. The van der Waals surface area contributed by atoms with Crippen LogP contribution in [0, 0.1) is 47.3 Å². The molecule has 8 atom stereocenters. The summed E-state index contributed by atoms with van der Waals surface area (Å²) in [6, 6.07) is 0. The third-order valence-corrected chi connectivity index (χ3v) is 8.11. The van der Waals surface area contributed by atoms with Crippen LogP contribution in [0.15, 0.2) is 0 Å². The van der Waals surface area contributed by atoms with Crippen molar-refractivity contribution in [2.45, 2.75) is 71.6 Å². The zero-order chi connectivity index (χ0) is 13.0. The lowest BCUT2D eigenvalue weighted by molar-refractivity contribution is -0.0844. The fraction of sp³-hybridized carbons (Fsp3) is 1.00. The summed E-state index contributed by atoms with van der Waals surface area (Å²) >= 11 is 0. The van der Waals surface area contributed by atoms with E-state index in [1.165, 1.54) is 6.42 Å². The van der Waals surface area contributed by atoms with E-state index in [2.05, 4.69) is 13.8 Å². The van der Waals surface area contributed by atoms with E-state index in [0.29, 0.717) is 0 Å². The number of hydrogen-bond acceptors (Lipinski definition) is 0. The maximum atomic E-state index is 2.63. The number of hydrogen-bond donors (Lipinski definition) is 0. The highest BCUT2D eigenvalue weighted by molar-refractivity contribution is 5.02.